The van der Waals surface area contributed by atoms with Crippen LogP contribution in [0.2, 0.25) is 5.02 Å². The molecule has 0 aliphatic carbocycles. The lowest BCUT2D eigenvalue weighted by Crippen LogP contribution is -2.35. The minimum Gasteiger partial charge on any atom is -0.466 e. The summed E-state index contributed by atoms with van der Waals surface area (Å²) in [7, 11) is 0. The largest absolute Gasteiger partial charge is 0.466 e. The molecule has 0 saturated carbocycles. The number of carbonyl (C=O) groups excluding carboxylic acids is 2. The third-order valence-electron chi connectivity index (χ3n) is 3.10. The maximum Gasteiger partial charge on any atom is 0.307 e. The summed E-state index contributed by atoms with van der Waals surface area (Å²) >= 11 is 5.82. The lowest BCUT2D eigenvalue weighted by atomic mass is 10.1. The maximum atomic E-state index is 12.3. The van der Waals surface area contributed by atoms with Gasteiger partial charge in [-0.1, -0.05) is 23.7 Å². The van der Waals surface area contributed by atoms with E-state index in [9.17, 15) is 9.59 Å². The predicted molar refractivity (Wildman–Crippen MR) is 84.7 cm³/mol. The van der Waals surface area contributed by atoms with Gasteiger partial charge in [0, 0.05) is 24.7 Å². The first-order valence-corrected chi connectivity index (χ1v) is 7.73. The lowest BCUT2D eigenvalue weighted by molar-refractivity contribution is -0.144. The Hall–Kier alpha value is -1.59. The van der Waals surface area contributed by atoms with E-state index in [2.05, 4.69) is 0 Å². The zero-order valence-electron chi connectivity index (χ0n) is 12.8. The topological polar surface area (TPSA) is 66.8 Å². The molecule has 0 bridgehead atoms. The van der Waals surface area contributed by atoms with E-state index >= 15 is 0 Å². The van der Waals surface area contributed by atoms with E-state index in [-0.39, 0.29) is 31.3 Å². The maximum absolute atomic E-state index is 12.3. The highest BCUT2D eigenvalue weighted by Gasteiger charge is 2.15. The molecule has 0 spiro atoms. The van der Waals surface area contributed by atoms with Gasteiger partial charge in [0.05, 0.1) is 19.4 Å². The standard InChI is InChI=1S/C16H22ClNO4/c1-2-22-16(21)8-10-18(9-3-11-19)15(20)12-13-4-6-14(17)7-5-13/h4-7,19H,2-3,8-12H2,1H3. The van der Waals surface area contributed by atoms with Gasteiger partial charge in [0.15, 0.2) is 0 Å². The smallest absolute Gasteiger partial charge is 0.307 e. The van der Waals surface area contributed by atoms with E-state index in [1.807, 2.05) is 0 Å². The van der Waals surface area contributed by atoms with Gasteiger partial charge in [0.2, 0.25) is 5.91 Å². The second kappa shape index (κ2) is 10.2. The molecule has 0 atom stereocenters. The first-order valence-electron chi connectivity index (χ1n) is 7.35. The van der Waals surface area contributed by atoms with Gasteiger partial charge in [-0.2, -0.15) is 0 Å². The Morgan fingerprint density at radius 1 is 1.23 bits per heavy atom. The summed E-state index contributed by atoms with van der Waals surface area (Å²) in [6.45, 7) is 2.79. The van der Waals surface area contributed by atoms with Crippen LogP contribution in [0.3, 0.4) is 0 Å². The minimum atomic E-state index is -0.323. The van der Waals surface area contributed by atoms with Crippen molar-refractivity contribution in [3.8, 4) is 0 Å². The fourth-order valence-electron chi connectivity index (χ4n) is 1.97. The fourth-order valence-corrected chi connectivity index (χ4v) is 2.10. The van der Waals surface area contributed by atoms with Crippen molar-refractivity contribution >= 4 is 23.5 Å². The molecule has 0 heterocycles. The van der Waals surface area contributed by atoms with Crippen LogP contribution < -0.4 is 0 Å². The van der Waals surface area contributed by atoms with Gasteiger partial charge in [0.1, 0.15) is 0 Å². The van der Waals surface area contributed by atoms with Gasteiger partial charge >= 0.3 is 5.97 Å². The van der Waals surface area contributed by atoms with Gasteiger partial charge in [0.25, 0.3) is 0 Å². The molecule has 122 valence electrons. The van der Waals surface area contributed by atoms with Crippen LogP contribution in [-0.2, 0) is 20.7 Å². The van der Waals surface area contributed by atoms with Crippen molar-refractivity contribution in [2.75, 3.05) is 26.3 Å². The number of hydrogen-bond acceptors (Lipinski definition) is 4. The molecule has 6 heteroatoms. The van der Waals surface area contributed by atoms with Gasteiger partial charge in [-0.15, -0.1) is 0 Å². The van der Waals surface area contributed by atoms with Crippen molar-refractivity contribution < 1.29 is 19.4 Å². The summed E-state index contributed by atoms with van der Waals surface area (Å²) in [5.74, 6) is -0.407. The van der Waals surface area contributed by atoms with Crippen molar-refractivity contribution in [2.45, 2.75) is 26.2 Å². The van der Waals surface area contributed by atoms with Crippen molar-refractivity contribution in [1.29, 1.82) is 0 Å². The number of ether oxygens (including phenoxy) is 1. The molecule has 1 rings (SSSR count). The molecule has 0 saturated heterocycles. The van der Waals surface area contributed by atoms with Crippen LogP contribution in [0.5, 0.6) is 0 Å². The quantitative estimate of drug-likeness (QED) is 0.705. The SMILES string of the molecule is CCOC(=O)CCN(CCCO)C(=O)Cc1ccc(Cl)cc1. The molecular weight excluding hydrogens is 306 g/mol. The Morgan fingerprint density at radius 2 is 1.91 bits per heavy atom. The number of rotatable bonds is 9. The van der Waals surface area contributed by atoms with E-state index < -0.39 is 0 Å². The summed E-state index contributed by atoms with van der Waals surface area (Å²) < 4.78 is 4.87. The second-order valence-corrected chi connectivity index (χ2v) is 5.25. The zero-order valence-corrected chi connectivity index (χ0v) is 13.5. The van der Waals surface area contributed by atoms with E-state index in [1.54, 1.807) is 36.1 Å². The van der Waals surface area contributed by atoms with E-state index in [0.717, 1.165) is 5.56 Å². The number of nitrogens with zero attached hydrogens (tertiary/aromatic N) is 1. The average Bonchev–Trinajstić information content (AvgIpc) is 2.50. The second-order valence-electron chi connectivity index (χ2n) is 4.82. The molecule has 0 aromatic heterocycles. The molecular formula is C16H22ClNO4. The first-order chi connectivity index (χ1) is 10.6. The minimum absolute atomic E-state index is 0.00410. The highest BCUT2D eigenvalue weighted by atomic mass is 35.5. The molecule has 1 aromatic rings. The van der Waals surface area contributed by atoms with Crippen LogP contribution in [0.25, 0.3) is 0 Å². The Labute approximate surface area is 135 Å². The third kappa shape index (κ3) is 6.91. The molecule has 0 aliphatic heterocycles. The molecule has 0 fully saturated rings. The monoisotopic (exact) mass is 327 g/mol. The van der Waals surface area contributed by atoms with Crippen LogP contribution >= 0.6 is 11.6 Å². The number of esters is 1. The normalized spacial score (nSPS) is 10.3. The van der Waals surface area contributed by atoms with Crippen LogP contribution in [0.1, 0.15) is 25.3 Å². The molecule has 0 aliphatic rings. The summed E-state index contributed by atoms with van der Waals surface area (Å²) in [5, 5.41) is 9.56. The highest BCUT2D eigenvalue weighted by Crippen LogP contribution is 2.11. The summed E-state index contributed by atoms with van der Waals surface area (Å²) in [6, 6.07) is 7.08. The molecule has 5 nitrogen and oxygen atoms in total. The number of amides is 1. The average molecular weight is 328 g/mol. The van der Waals surface area contributed by atoms with Crippen LogP contribution in [0.15, 0.2) is 24.3 Å². The Balaban J connectivity index is 2.58. The van der Waals surface area contributed by atoms with Gasteiger partial charge in [-0.3, -0.25) is 9.59 Å². The Bertz CT molecular complexity index is 476. The highest BCUT2D eigenvalue weighted by molar-refractivity contribution is 6.30. The summed E-state index contributed by atoms with van der Waals surface area (Å²) in [6.07, 6.45) is 0.881. The molecule has 1 N–H and O–H groups in total. The van der Waals surface area contributed by atoms with Gasteiger partial charge in [-0.05, 0) is 31.0 Å². The zero-order chi connectivity index (χ0) is 16.4. The Morgan fingerprint density at radius 3 is 2.50 bits per heavy atom. The number of halogens is 1. The molecule has 0 unspecified atom stereocenters. The number of benzene rings is 1. The van der Waals surface area contributed by atoms with Gasteiger partial charge in [-0.25, -0.2) is 0 Å². The van der Waals surface area contributed by atoms with Crippen LogP contribution in [0, 0.1) is 0 Å². The number of carbonyl (C=O) groups is 2. The van der Waals surface area contributed by atoms with Crippen LogP contribution in [0.4, 0.5) is 0 Å². The third-order valence-corrected chi connectivity index (χ3v) is 3.35. The van der Waals surface area contributed by atoms with Gasteiger partial charge < -0.3 is 14.7 Å². The van der Waals surface area contributed by atoms with Crippen molar-refractivity contribution in [3.05, 3.63) is 34.9 Å². The van der Waals surface area contributed by atoms with E-state index in [4.69, 9.17) is 21.4 Å². The molecule has 22 heavy (non-hydrogen) atoms. The predicted octanol–water partition coefficient (Wildman–Crippen LogP) is 2.05. The van der Waals surface area contributed by atoms with Crippen molar-refractivity contribution in [2.24, 2.45) is 0 Å². The van der Waals surface area contributed by atoms with E-state index in [1.165, 1.54) is 0 Å². The van der Waals surface area contributed by atoms with Crippen molar-refractivity contribution in [3.63, 3.8) is 0 Å². The van der Waals surface area contributed by atoms with Crippen LogP contribution in [-0.4, -0.2) is 48.2 Å². The summed E-state index contributed by atoms with van der Waals surface area (Å²) in [5.41, 5.74) is 0.861. The molecule has 0 radical (unpaired) electrons. The lowest BCUT2D eigenvalue weighted by Gasteiger charge is -2.22. The number of aliphatic hydroxyl groups is 1. The fraction of sp³-hybridized carbons (Fsp3) is 0.500. The summed E-state index contributed by atoms with van der Waals surface area (Å²) in [4.78, 5) is 25.3. The number of hydrogen-bond donors (Lipinski definition) is 1. The van der Waals surface area contributed by atoms with E-state index in [0.29, 0.717) is 31.1 Å². The molecule has 1 aromatic carbocycles. The molecule has 1 amide bonds. The van der Waals surface area contributed by atoms with Crippen molar-refractivity contribution in [1.82, 2.24) is 4.90 Å². The number of aliphatic hydroxyl groups excluding tert-OH is 1. The first kappa shape index (κ1) is 18.5. The Kier molecular flexibility index (Phi) is 8.55.